The van der Waals surface area contributed by atoms with Crippen molar-refractivity contribution in [1.29, 1.82) is 0 Å². The summed E-state index contributed by atoms with van der Waals surface area (Å²) in [5, 5.41) is 2.84. The zero-order valence-electron chi connectivity index (χ0n) is 14.9. The van der Waals surface area contributed by atoms with Gasteiger partial charge in [0.2, 0.25) is 5.91 Å². The zero-order chi connectivity index (χ0) is 19.7. The number of hydrogen-bond acceptors (Lipinski definition) is 6. The Balaban J connectivity index is 1.88. The van der Waals surface area contributed by atoms with Crippen LogP contribution in [0.1, 0.15) is 12.0 Å². The molecule has 0 aromatic heterocycles. The van der Waals surface area contributed by atoms with Gasteiger partial charge in [-0.3, -0.25) is 4.79 Å². The lowest BCUT2D eigenvalue weighted by Gasteiger charge is -2.34. The highest BCUT2D eigenvalue weighted by molar-refractivity contribution is 8.15. The van der Waals surface area contributed by atoms with E-state index in [1.54, 1.807) is 13.2 Å². The number of benzene rings is 1. The Hall–Kier alpha value is -2.13. The minimum Gasteiger partial charge on any atom is -0.399 e. The number of alkyl halides is 1. The van der Waals surface area contributed by atoms with Gasteiger partial charge < -0.3 is 21.5 Å². The lowest BCUT2D eigenvalue weighted by atomic mass is 9.84. The van der Waals surface area contributed by atoms with Gasteiger partial charge in [0.15, 0.2) is 5.17 Å². The van der Waals surface area contributed by atoms with Crippen LogP contribution in [0.15, 0.2) is 35.3 Å². The number of ether oxygens (including phenoxy) is 1. The van der Waals surface area contributed by atoms with Crippen molar-refractivity contribution >= 4 is 28.5 Å². The van der Waals surface area contributed by atoms with Crippen LogP contribution in [0, 0.1) is 11.7 Å². The van der Waals surface area contributed by atoms with Crippen LogP contribution in [-0.2, 0) is 15.1 Å². The quantitative estimate of drug-likeness (QED) is 0.370. The molecule has 0 unspecified atom stereocenters. The first-order valence-electron chi connectivity index (χ1n) is 8.49. The normalized spacial score (nSPS) is 29.3. The van der Waals surface area contributed by atoms with Crippen molar-refractivity contribution in [2.24, 2.45) is 16.6 Å². The first-order valence-corrected chi connectivity index (χ1v) is 9.30. The molecule has 3 atom stereocenters. The van der Waals surface area contributed by atoms with Gasteiger partial charge in [0.05, 0.1) is 6.61 Å². The molecule has 1 aromatic carbocycles. The van der Waals surface area contributed by atoms with E-state index in [4.69, 9.17) is 16.2 Å². The molecule has 0 bridgehead atoms. The van der Waals surface area contributed by atoms with Crippen LogP contribution < -0.4 is 16.8 Å². The van der Waals surface area contributed by atoms with Crippen molar-refractivity contribution in [2.75, 3.05) is 32.7 Å². The maximum atomic E-state index is 14.5. The van der Waals surface area contributed by atoms with Crippen molar-refractivity contribution in [2.45, 2.75) is 16.7 Å². The number of nitrogens with zero attached hydrogens (tertiary/aromatic N) is 1. The average Bonchev–Trinajstić information content (AvgIpc) is 3.36. The fourth-order valence-corrected chi connectivity index (χ4v) is 4.85. The van der Waals surface area contributed by atoms with E-state index < -0.39 is 22.8 Å². The fourth-order valence-electron chi connectivity index (χ4n) is 3.53. The van der Waals surface area contributed by atoms with Gasteiger partial charge in [-0.05, 0) is 24.6 Å². The van der Waals surface area contributed by atoms with Crippen LogP contribution in [0.3, 0.4) is 0 Å². The summed E-state index contributed by atoms with van der Waals surface area (Å²) in [5.41, 5.74) is 10.7. The summed E-state index contributed by atoms with van der Waals surface area (Å²) in [5.74, 6) is -1.19. The minimum atomic E-state index is -1.44. The first kappa shape index (κ1) is 19.6. The summed E-state index contributed by atoms with van der Waals surface area (Å²) in [4.78, 5) is 16.2. The molecule has 6 nitrogen and oxygen atoms in total. The van der Waals surface area contributed by atoms with Gasteiger partial charge in [-0.25, -0.2) is 13.8 Å². The Morgan fingerprint density at radius 1 is 1.52 bits per heavy atom. The standard InChI is InChI=1S/C18H22F2N4O2S/c1-26-7-6-23-15(25)4-5-17-9-14(17)18(10-19,24-16(22)27-17)12-8-11(21)2-3-13(12)20/h2-5,8,14H,6-7,9-10,21H2,1H3,(H2,22,24)(H,23,25)/t14-,17+,18-/m1/s1. The third-order valence-electron chi connectivity index (χ3n) is 4.92. The van der Waals surface area contributed by atoms with Gasteiger partial charge >= 0.3 is 0 Å². The Labute approximate surface area is 160 Å². The van der Waals surface area contributed by atoms with Gasteiger partial charge in [0, 0.05) is 41.6 Å². The van der Waals surface area contributed by atoms with E-state index in [1.165, 1.54) is 36.0 Å². The molecule has 1 amide bonds. The molecular weight excluding hydrogens is 374 g/mol. The molecule has 0 saturated heterocycles. The molecule has 0 spiro atoms. The Kier molecular flexibility index (Phi) is 5.43. The number of carbonyl (C=O) groups excluding carboxylic acids is 1. The van der Waals surface area contributed by atoms with Gasteiger partial charge in [0.25, 0.3) is 0 Å². The predicted molar refractivity (Wildman–Crippen MR) is 103 cm³/mol. The summed E-state index contributed by atoms with van der Waals surface area (Å²) in [6.07, 6.45) is 3.64. The highest BCUT2D eigenvalue weighted by atomic mass is 32.2. The van der Waals surface area contributed by atoms with E-state index in [9.17, 15) is 13.6 Å². The molecule has 1 aliphatic carbocycles. The topological polar surface area (TPSA) is 103 Å². The molecule has 27 heavy (non-hydrogen) atoms. The van der Waals surface area contributed by atoms with Gasteiger partial charge in [-0.15, -0.1) is 0 Å². The number of nitrogen functional groups attached to an aromatic ring is 1. The number of aliphatic imine (C=N–C) groups is 1. The van der Waals surface area contributed by atoms with Crippen molar-refractivity contribution in [1.82, 2.24) is 5.32 Å². The lowest BCUT2D eigenvalue weighted by molar-refractivity contribution is -0.116. The molecule has 1 heterocycles. The second-order valence-electron chi connectivity index (χ2n) is 6.68. The first-order chi connectivity index (χ1) is 12.9. The lowest BCUT2D eigenvalue weighted by Crippen LogP contribution is -2.39. The molecule has 146 valence electrons. The molecule has 3 rings (SSSR count). The summed E-state index contributed by atoms with van der Waals surface area (Å²) in [6, 6.07) is 4.03. The number of methoxy groups -OCH3 is 1. The number of rotatable bonds is 7. The SMILES string of the molecule is COCCNC(=O)C=C[C@]12C[C@H]1[C@@](CF)(c1cc(N)ccc1F)N=C(N)S2. The van der Waals surface area contributed by atoms with E-state index in [0.717, 1.165) is 0 Å². The second kappa shape index (κ2) is 7.47. The van der Waals surface area contributed by atoms with E-state index in [0.29, 0.717) is 25.3 Å². The largest absolute Gasteiger partial charge is 0.399 e. The predicted octanol–water partition coefficient (Wildman–Crippen LogP) is 1.71. The molecule has 2 aliphatic rings. The third kappa shape index (κ3) is 3.66. The number of amides is 1. The van der Waals surface area contributed by atoms with Crippen molar-refractivity contribution in [3.8, 4) is 0 Å². The highest BCUT2D eigenvalue weighted by Crippen LogP contribution is 2.66. The Morgan fingerprint density at radius 3 is 3.00 bits per heavy atom. The van der Waals surface area contributed by atoms with Crippen LogP contribution in [0.25, 0.3) is 0 Å². The van der Waals surface area contributed by atoms with Crippen molar-refractivity contribution in [3.05, 3.63) is 41.7 Å². The van der Waals surface area contributed by atoms with Crippen LogP contribution in [0.5, 0.6) is 0 Å². The minimum absolute atomic E-state index is 0.0954. The average molecular weight is 396 g/mol. The number of thioether (sulfide) groups is 1. The third-order valence-corrected chi connectivity index (χ3v) is 6.18. The molecule has 1 fully saturated rings. The number of nitrogens with two attached hydrogens (primary N) is 2. The molecule has 1 aliphatic heterocycles. The molecule has 1 saturated carbocycles. The van der Waals surface area contributed by atoms with E-state index >= 15 is 0 Å². The molecule has 5 N–H and O–H groups in total. The Bertz CT molecular complexity index is 804. The second-order valence-corrected chi connectivity index (χ2v) is 8.06. The van der Waals surface area contributed by atoms with Crippen molar-refractivity contribution in [3.63, 3.8) is 0 Å². The van der Waals surface area contributed by atoms with Crippen LogP contribution in [-0.4, -0.2) is 42.8 Å². The van der Waals surface area contributed by atoms with Gasteiger partial charge in [-0.2, -0.15) is 0 Å². The van der Waals surface area contributed by atoms with E-state index in [-0.39, 0.29) is 22.6 Å². The van der Waals surface area contributed by atoms with Crippen LogP contribution in [0.2, 0.25) is 0 Å². The summed E-state index contributed by atoms with van der Waals surface area (Å²) < 4.78 is 33.0. The number of carbonyl (C=O) groups is 1. The number of halogens is 2. The number of fused-ring (bicyclic) bond motifs is 1. The molecular formula is C18H22F2N4O2S. The number of nitrogens with one attached hydrogen (secondary N) is 1. The van der Waals surface area contributed by atoms with Crippen molar-refractivity contribution < 1.29 is 18.3 Å². The van der Waals surface area contributed by atoms with Gasteiger partial charge in [0.1, 0.15) is 18.0 Å². The van der Waals surface area contributed by atoms with Crippen LogP contribution >= 0.6 is 11.8 Å². The highest BCUT2D eigenvalue weighted by Gasteiger charge is 2.67. The summed E-state index contributed by atoms with van der Waals surface area (Å²) in [7, 11) is 1.54. The maximum Gasteiger partial charge on any atom is 0.243 e. The van der Waals surface area contributed by atoms with Gasteiger partial charge in [-0.1, -0.05) is 17.8 Å². The number of hydrogen-bond donors (Lipinski definition) is 3. The van der Waals surface area contributed by atoms with E-state index in [2.05, 4.69) is 10.3 Å². The van der Waals surface area contributed by atoms with Crippen LogP contribution in [0.4, 0.5) is 14.5 Å². The molecule has 0 radical (unpaired) electrons. The maximum absolute atomic E-state index is 14.5. The smallest absolute Gasteiger partial charge is 0.243 e. The summed E-state index contributed by atoms with van der Waals surface area (Å²) >= 11 is 1.27. The van der Waals surface area contributed by atoms with E-state index in [1.807, 2.05) is 0 Å². The zero-order valence-corrected chi connectivity index (χ0v) is 15.7. The Morgan fingerprint density at radius 2 is 2.30 bits per heavy atom. The fraction of sp³-hybridized carbons (Fsp3) is 0.444. The molecule has 1 aromatic rings. The molecule has 9 heteroatoms. The number of amidine groups is 1. The summed E-state index contributed by atoms with van der Waals surface area (Å²) in [6.45, 7) is -0.119. The monoisotopic (exact) mass is 396 g/mol. The number of anilines is 1.